The second kappa shape index (κ2) is 11.3. The van der Waals surface area contributed by atoms with Gasteiger partial charge in [-0.1, -0.05) is 36.4 Å². The number of rotatable bonds is 9. The summed E-state index contributed by atoms with van der Waals surface area (Å²) in [5.74, 6) is 2.35. The molecule has 3 heterocycles. The van der Waals surface area contributed by atoms with Gasteiger partial charge in [-0.05, 0) is 55.0 Å². The molecule has 3 aromatic carbocycles. The summed E-state index contributed by atoms with van der Waals surface area (Å²) in [5, 5.41) is 4.05. The van der Waals surface area contributed by atoms with Crippen molar-refractivity contribution in [1.82, 2.24) is 19.9 Å². The van der Waals surface area contributed by atoms with Crippen molar-refractivity contribution in [2.75, 3.05) is 25.0 Å². The molecule has 6 rings (SSSR count). The minimum absolute atomic E-state index is 0.0138. The van der Waals surface area contributed by atoms with Crippen molar-refractivity contribution < 1.29 is 19.1 Å². The highest BCUT2D eigenvalue weighted by Gasteiger charge is 2.28. The van der Waals surface area contributed by atoms with E-state index in [1.54, 1.807) is 35.4 Å². The van der Waals surface area contributed by atoms with E-state index in [-0.39, 0.29) is 24.3 Å². The predicted octanol–water partition coefficient (Wildman–Crippen LogP) is 5.07. The first-order chi connectivity index (χ1) is 19.6. The number of nitrogens with one attached hydrogen (secondary N) is 2. The first-order valence-corrected chi connectivity index (χ1v) is 13.1. The van der Waals surface area contributed by atoms with Gasteiger partial charge in [0.05, 0.1) is 10.9 Å². The third-order valence-electron chi connectivity index (χ3n) is 6.80. The molecule has 2 aromatic heterocycles. The van der Waals surface area contributed by atoms with E-state index in [0.717, 1.165) is 12.2 Å². The summed E-state index contributed by atoms with van der Waals surface area (Å²) in [6.07, 6.45) is 3.86. The van der Waals surface area contributed by atoms with E-state index in [0.29, 0.717) is 52.6 Å². The van der Waals surface area contributed by atoms with Crippen LogP contribution < -0.4 is 14.8 Å². The van der Waals surface area contributed by atoms with Crippen LogP contribution in [0.25, 0.3) is 11.0 Å². The van der Waals surface area contributed by atoms with Crippen molar-refractivity contribution in [2.24, 2.45) is 0 Å². The third kappa shape index (κ3) is 5.49. The second-order valence-electron chi connectivity index (χ2n) is 9.49. The maximum atomic E-state index is 13.5. The number of amides is 1. The van der Waals surface area contributed by atoms with Crippen molar-refractivity contribution in [3.8, 4) is 17.2 Å². The van der Waals surface area contributed by atoms with E-state index in [1.165, 1.54) is 6.33 Å². The number of ketones is 1. The Hall–Kier alpha value is -5.18. The van der Waals surface area contributed by atoms with Gasteiger partial charge in [0.1, 0.15) is 35.0 Å². The van der Waals surface area contributed by atoms with E-state index in [9.17, 15) is 9.59 Å². The summed E-state index contributed by atoms with van der Waals surface area (Å²) in [4.78, 5) is 39.8. The smallest absolute Gasteiger partial charge is 0.260 e. The van der Waals surface area contributed by atoms with Crippen molar-refractivity contribution in [1.29, 1.82) is 0 Å². The molecule has 0 spiro atoms. The van der Waals surface area contributed by atoms with Crippen molar-refractivity contribution in [3.63, 3.8) is 0 Å². The van der Waals surface area contributed by atoms with Gasteiger partial charge in [0.2, 0.25) is 0 Å². The molecule has 1 unspecified atom stereocenters. The summed E-state index contributed by atoms with van der Waals surface area (Å²) in [6, 6.07) is 25.8. The van der Waals surface area contributed by atoms with Crippen molar-refractivity contribution in [3.05, 3.63) is 109 Å². The fourth-order valence-electron chi connectivity index (χ4n) is 4.76. The zero-order valence-corrected chi connectivity index (χ0v) is 21.6. The highest BCUT2D eigenvalue weighted by molar-refractivity contribution is 6.18. The Bertz CT molecular complexity index is 1620. The van der Waals surface area contributed by atoms with Crippen LogP contribution in [0.5, 0.6) is 17.2 Å². The molecule has 2 N–H and O–H groups in total. The summed E-state index contributed by atoms with van der Waals surface area (Å²) in [7, 11) is 0. The van der Waals surface area contributed by atoms with Gasteiger partial charge in [-0.3, -0.25) is 9.59 Å². The number of aromatic nitrogens is 3. The number of ether oxygens (including phenoxy) is 2. The molecule has 9 nitrogen and oxygen atoms in total. The van der Waals surface area contributed by atoms with Gasteiger partial charge in [0.25, 0.3) is 5.91 Å². The molecule has 1 aliphatic rings. The quantitative estimate of drug-likeness (QED) is 0.255. The van der Waals surface area contributed by atoms with Crippen LogP contribution in [-0.2, 0) is 4.79 Å². The van der Waals surface area contributed by atoms with Crippen LogP contribution in [0, 0.1) is 0 Å². The number of H-pyrrole nitrogens is 1. The van der Waals surface area contributed by atoms with Gasteiger partial charge in [0, 0.05) is 30.9 Å². The maximum absolute atomic E-state index is 13.5. The lowest BCUT2D eigenvalue weighted by Gasteiger charge is -2.18. The highest BCUT2D eigenvalue weighted by atomic mass is 16.5. The summed E-state index contributed by atoms with van der Waals surface area (Å²) < 4.78 is 11.5. The van der Waals surface area contributed by atoms with Crippen LogP contribution in [0.3, 0.4) is 0 Å². The number of likely N-dealkylation sites (tertiary alicyclic amines) is 1. The molecule has 0 saturated carbocycles. The Kier molecular flexibility index (Phi) is 7.09. The molecule has 1 amide bonds. The first kappa shape index (κ1) is 25.1. The number of aromatic amines is 1. The number of hydrogen-bond acceptors (Lipinski definition) is 7. The predicted molar refractivity (Wildman–Crippen MR) is 151 cm³/mol. The molecular formula is C31H27N5O4. The van der Waals surface area contributed by atoms with Crippen LogP contribution in [0.4, 0.5) is 5.82 Å². The first-order valence-electron chi connectivity index (χ1n) is 13.1. The number of carbonyl (C=O) groups excluding carboxylic acids is 2. The summed E-state index contributed by atoms with van der Waals surface area (Å²) >= 11 is 0. The SMILES string of the molecule is O=C(c1ccc(Oc2ccccc2)cc1)c1c[nH]c2ncnc(NC3CCN(C(=O)COc4ccccc4)C3)c12. The monoisotopic (exact) mass is 533 g/mol. The fourth-order valence-corrected chi connectivity index (χ4v) is 4.76. The molecule has 1 atom stereocenters. The molecule has 1 saturated heterocycles. The minimum atomic E-state index is -0.156. The Morgan fingerprint density at radius 3 is 2.35 bits per heavy atom. The number of nitrogens with zero attached hydrogens (tertiary/aromatic N) is 3. The standard InChI is InChI=1S/C31H27N5O4/c37-27(19-39-23-7-3-1-4-8-23)36-16-15-22(18-36)35-31-28-26(17-32-30(28)33-20-34-31)29(38)21-11-13-25(14-12-21)40-24-9-5-2-6-10-24/h1-14,17,20,22H,15-16,18-19H2,(H2,32,33,34,35). The van der Waals surface area contributed by atoms with Crippen LogP contribution in [0.15, 0.2) is 97.5 Å². The summed E-state index contributed by atoms with van der Waals surface area (Å²) in [5.41, 5.74) is 1.55. The molecule has 1 aliphatic heterocycles. The van der Waals surface area contributed by atoms with Gasteiger partial charge in [-0.15, -0.1) is 0 Å². The Balaban J connectivity index is 1.13. The molecule has 0 aliphatic carbocycles. The molecular weight excluding hydrogens is 506 g/mol. The van der Waals surface area contributed by atoms with Gasteiger partial charge in [0.15, 0.2) is 12.4 Å². The number of hydrogen-bond donors (Lipinski definition) is 2. The summed E-state index contributed by atoms with van der Waals surface area (Å²) in [6.45, 7) is 1.11. The highest BCUT2D eigenvalue weighted by Crippen LogP contribution is 2.28. The number of carbonyl (C=O) groups is 2. The van der Waals surface area contributed by atoms with Gasteiger partial charge in [-0.25, -0.2) is 9.97 Å². The van der Waals surface area contributed by atoms with E-state index in [2.05, 4.69) is 20.3 Å². The molecule has 9 heteroatoms. The van der Waals surface area contributed by atoms with E-state index in [1.807, 2.05) is 60.7 Å². The van der Waals surface area contributed by atoms with Crippen LogP contribution in [0.2, 0.25) is 0 Å². The lowest BCUT2D eigenvalue weighted by Crippen LogP contribution is -2.35. The third-order valence-corrected chi connectivity index (χ3v) is 6.80. The molecule has 5 aromatic rings. The number of benzene rings is 3. The van der Waals surface area contributed by atoms with Crippen molar-refractivity contribution in [2.45, 2.75) is 12.5 Å². The Labute approximate surface area is 230 Å². The number of fused-ring (bicyclic) bond motifs is 1. The molecule has 1 fully saturated rings. The average molecular weight is 534 g/mol. The van der Waals surface area contributed by atoms with E-state index < -0.39 is 0 Å². The largest absolute Gasteiger partial charge is 0.484 e. The number of para-hydroxylation sites is 2. The molecule has 0 radical (unpaired) electrons. The zero-order valence-electron chi connectivity index (χ0n) is 21.6. The van der Waals surface area contributed by atoms with Crippen molar-refractivity contribution >= 4 is 28.5 Å². The van der Waals surface area contributed by atoms with Crippen LogP contribution in [0.1, 0.15) is 22.3 Å². The zero-order chi connectivity index (χ0) is 27.3. The second-order valence-corrected chi connectivity index (χ2v) is 9.49. The van der Waals surface area contributed by atoms with E-state index in [4.69, 9.17) is 9.47 Å². The normalized spacial score (nSPS) is 14.7. The van der Waals surface area contributed by atoms with Gasteiger partial charge < -0.3 is 24.7 Å². The number of anilines is 1. The molecule has 0 bridgehead atoms. The molecule has 40 heavy (non-hydrogen) atoms. The van der Waals surface area contributed by atoms with E-state index >= 15 is 0 Å². The lowest BCUT2D eigenvalue weighted by atomic mass is 10.0. The van der Waals surface area contributed by atoms with Crippen LogP contribution >= 0.6 is 0 Å². The Morgan fingerprint density at radius 2 is 1.60 bits per heavy atom. The van der Waals surface area contributed by atoms with Crippen LogP contribution in [-0.4, -0.2) is 57.3 Å². The maximum Gasteiger partial charge on any atom is 0.260 e. The Morgan fingerprint density at radius 1 is 0.900 bits per heavy atom. The minimum Gasteiger partial charge on any atom is -0.484 e. The molecule has 200 valence electrons. The van der Waals surface area contributed by atoms with Gasteiger partial charge >= 0.3 is 0 Å². The average Bonchev–Trinajstić information content (AvgIpc) is 3.65. The van der Waals surface area contributed by atoms with Gasteiger partial charge in [-0.2, -0.15) is 0 Å². The lowest BCUT2D eigenvalue weighted by molar-refractivity contribution is -0.132. The topological polar surface area (TPSA) is 109 Å². The fraction of sp³-hybridized carbons (Fsp3) is 0.161.